The molecule has 0 amide bonds. The van der Waals surface area contributed by atoms with Gasteiger partial charge in [-0.25, -0.2) is 0 Å². The van der Waals surface area contributed by atoms with Crippen LogP contribution in [0.2, 0.25) is 0 Å². The fraction of sp³-hybridized carbons (Fsp3) is 0.545. The van der Waals surface area contributed by atoms with Gasteiger partial charge in [0.1, 0.15) is 5.60 Å². The molecule has 5 nitrogen and oxygen atoms in total. The van der Waals surface area contributed by atoms with Crippen molar-refractivity contribution in [3.05, 3.63) is 24.3 Å². The first-order valence-corrected chi connectivity index (χ1v) is 5.21. The van der Waals surface area contributed by atoms with E-state index in [2.05, 4.69) is 9.97 Å². The third-order valence-corrected chi connectivity index (χ3v) is 2.64. The topological polar surface area (TPSA) is 83.3 Å². The van der Waals surface area contributed by atoms with Crippen molar-refractivity contribution in [1.82, 2.24) is 9.97 Å². The van der Waals surface area contributed by atoms with Crippen LogP contribution in [0.3, 0.4) is 0 Å². The van der Waals surface area contributed by atoms with Gasteiger partial charge in [0, 0.05) is 12.4 Å². The minimum absolute atomic E-state index is 0.288. The Morgan fingerprint density at radius 2 is 2.25 bits per heavy atom. The second-order valence-electron chi connectivity index (χ2n) is 3.92. The quantitative estimate of drug-likeness (QED) is 0.784. The average molecular weight is 224 g/mol. The predicted molar refractivity (Wildman–Crippen MR) is 57.6 cm³/mol. The molecule has 0 saturated heterocycles. The highest BCUT2D eigenvalue weighted by atomic mass is 16.4. The largest absolute Gasteiger partial charge is 0.481 e. The number of hydrogen-bond donors (Lipinski definition) is 2. The molecule has 0 saturated carbocycles. The minimum atomic E-state index is -1.49. The maximum atomic E-state index is 11.1. The second-order valence-corrected chi connectivity index (χ2v) is 3.92. The highest BCUT2D eigenvalue weighted by molar-refractivity contribution is 5.71. The molecule has 0 bridgehead atoms. The van der Waals surface area contributed by atoms with Crippen molar-refractivity contribution in [2.24, 2.45) is 5.92 Å². The van der Waals surface area contributed by atoms with Gasteiger partial charge in [-0.05, 0) is 13.3 Å². The van der Waals surface area contributed by atoms with Crippen LogP contribution in [0.25, 0.3) is 0 Å². The van der Waals surface area contributed by atoms with Crippen molar-refractivity contribution >= 4 is 5.97 Å². The maximum Gasteiger partial charge on any atom is 0.309 e. The van der Waals surface area contributed by atoms with E-state index in [0.717, 1.165) is 0 Å². The van der Waals surface area contributed by atoms with Crippen LogP contribution in [0.4, 0.5) is 0 Å². The highest BCUT2D eigenvalue weighted by Crippen LogP contribution is 2.30. The first kappa shape index (κ1) is 12.6. The van der Waals surface area contributed by atoms with E-state index in [1.165, 1.54) is 25.5 Å². The minimum Gasteiger partial charge on any atom is -0.481 e. The summed E-state index contributed by atoms with van der Waals surface area (Å²) in [6.07, 6.45) is 5.40. The van der Waals surface area contributed by atoms with Gasteiger partial charge in [-0.1, -0.05) is 13.3 Å². The van der Waals surface area contributed by atoms with E-state index in [1.807, 2.05) is 6.92 Å². The SMILES string of the molecule is CCCC(C(=O)O)C(C)(O)c1cnccn1. The smallest absolute Gasteiger partial charge is 0.309 e. The molecule has 5 heteroatoms. The Balaban J connectivity index is 3.02. The number of nitrogens with zero attached hydrogens (tertiary/aromatic N) is 2. The first-order chi connectivity index (χ1) is 7.50. The highest BCUT2D eigenvalue weighted by Gasteiger charge is 2.39. The Morgan fingerprint density at radius 3 is 2.69 bits per heavy atom. The van der Waals surface area contributed by atoms with E-state index < -0.39 is 17.5 Å². The van der Waals surface area contributed by atoms with Crippen LogP contribution in [-0.2, 0) is 10.4 Å². The average Bonchev–Trinajstić information content (AvgIpc) is 2.26. The van der Waals surface area contributed by atoms with Gasteiger partial charge in [-0.15, -0.1) is 0 Å². The van der Waals surface area contributed by atoms with Crippen molar-refractivity contribution < 1.29 is 15.0 Å². The molecule has 2 N–H and O–H groups in total. The maximum absolute atomic E-state index is 11.1. The van der Waals surface area contributed by atoms with E-state index in [4.69, 9.17) is 5.11 Å². The Morgan fingerprint density at radius 1 is 1.56 bits per heavy atom. The summed E-state index contributed by atoms with van der Waals surface area (Å²) in [7, 11) is 0. The summed E-state index contributed by atoms with van der Waals surface area (Å²) in [6.45, 7) is 3.34. The molecule has 0 fully saturated rings. The molecular weight excluding hydrogens is 208 g/mol. The third kappa shape index (κ3) is 2.55. The van der Waals surface area contributed by atoms with Gasteiger partial charge in [0.05, 0.1) is 17.8 Å². The Hall–Kier alpha value is -1.49. The van der Waals surface area contributed by atoms with Crippen molar-refractivity contribution in [3.63, 3.8) is 0 Å². The standard InChI is InChI=1S/C11H16N2O3/c1-3-4-8(10(14)15)11(2,16)9-7-12-5-6-13-9/h5-8,16H,3-4H2,1-2H3,(H,14,15). The molecule has 0 aliphatic rings. The lowest BCUT2D eigenvalue weighted by atomic mass is 9.83. The van der Waals surface area contributed by atoms with Gasteiger partial charge in [0.15, 0.2) is 0 Å². The van der Waals surface area contributed by atoms with Crippen LogP contribution in [0.15, 0.2) is 18.6 Å². The van der Waals surface area contributed by atoms with E-state index in [-0.39, 0.29) is 5.69 Å². The fourth-order valence-electron chi connectivity index (χ4n) is 1.67. The summed E-state index contributed by atoms with van der Waals surface area (Å²) in [5.41, 5.74) is -1.20. The predicted octanol–water partition coefficient (Wildman–Crippen LogP) is 1.18. The molecule has 1 aromatic rings. The lowest BCUT2D eigenvalue weighted by molar-refractivity contribution is -0.152. The number of rotatable bonds is 5. The zero-order valence-corrected chi connectivity index (χ0v) is 9.42. The summed E-state index contributed by atoms with van der Waals surface area (Å²) in [5.74, 6) is -1.88. The number of aliphatic hydroxyl groups is 1. The van der Waals surface area contributed by atoms with E-state index in [1.54, 1.807) is 0 Å². The fourth-order valence-corrected chi connectivity index (χ4v) is 1.67. The number of carboxylic acids is 1. The third-order valence-electron chi connectivity index (χ3n) is 2.64. The first-order valence-electron chi connectivity index (χ1n) is 5.21. The zero-order chi connectivity index (χ0) is 12.2. The van der Waals surface area contributed by atoms with Crippen LogP contribution in [0.1, 0.15) is 32.4 Å². The summed E-state index contributed by atoms with van der Waals surface area (Å²) >= 11 is 0. The van der Waals surface area contributed by atoms with Crippen LogP contribution < -0.4 is 0 Å². The van der Waals surface area contributed by atoms with Crippen molar-refractivity contribution in [2.45, 2.75) is 32.3 Å². The van der Waals surface area contributed by atoms with Crippen molar-refractivity contribution in [1.29, 1.82) is 0 Å². The molecule has 0 spiro atoms. The Bertz CT molecular complexity index is 352. The molecule has 1 aromatic heterocycles. The second kappa shape index (κ2) is 5.03. The van der Waals surface area contributed by atoms with Crippen LogP contribution >= 0.6 is 0 Å². The molecular formula is C11H16N2O3. The number of carboxylic acid groups (broad SMARTS) is 1. The van der Waals surface area contributed by atoms with Crippen molar-refractivity contribution in [3.8, 4) is 0 Å². The Labute approximate surface area is 94.2 Å². The summed E-state index contributed by atoms with van der Waals surface area (Å²) in [6, 6.07) is 0. The summed E-state index contributed by atoms with van der Waals surface area (Å²) in [4.78, 5) is 18.9. The molecule has 0 aliphatic heterocycles. The molecule has 0 aromatic carbocycles. The molecule has 88 valence electrons. The van der Waals surface area contributed by atoms with Gasteiger partial charge in [0.25, 0.3) is 0 Å². The molecule has 0 aliphatic carbocycles. The van der Waals surface area contributed by atoms with E-state index >= 15 is 0 Å². The molecule has 1 rings (SSSR count). The van der Waals surface area contributed by atoms with Gasteiger partial charge in [-0.2, -0.15) is 0 Å². The molecule has 2 atom stereocenters. The van der Waals surface area contributed by atoms with Gasteiger partial charge >= 0.3 is 5.97 Å². The van der Waals surface area contributed by atoms with Gasteiger partial charge in [0.2, 0.25) is 0 Å². The molecule has 2 unspecified atom stereocenters. The normalized spacial score (nSPS) is 16.4. The van der Waals surface area contributed by atoms with Crippen LogP contribution in [0.5, 0.6) is 0 Å². The van der Waals surface area contributed by atoms with E-state index in [9.17, 15) is 9.90 Å². The zero-order valence-electron chi connectivity index (χ0n) is 9.42. The monoisotopic (exact) mass is 224 g/mol. The number of hydrogen-bond acceptors (Lipinski definition) is 4. The molecule has 0 radical (unpaired) electrons. The summed E-state index contributed by atoms with van der Waals surface area (Å²) in [5, 5.41) is 19.4. The molecule has 1 heterocycles. The number of aromatic nitrogens is 2. The van der Waals surface area contributed by atoms with Crippen LogP contribution in [-0.4, -0.2) is 26.2 Å². The summed E-state index contributed by atoms with van der Waals surface area (Å²) < 4.78 is 0. The Kier molecular flexibility index (Phi) is 3.95. The van der Waals surface area contributed by atoms with Crippen molar-refractivity contribution in [2.75, 3.05) is 0 Å². The van der Waals surface area contributed by atoms with Gasteiger partial charge < -0.3 is 10.2 Å². The lowest BCUT2D eigenvalue weighted by Gasteiger charge is -2.28. The van der Waals surface area contributed by atoms with Crippen LogP contribution in [0, 0.1) is 5.92 Å². The van der Waals surface area contributed by atoms with Gasteiger partial charge in [-0.3, -0.25) is 14.8 Å². The van der Waals surface area contributed by atoms with E-state index in [0.29, 0.717) is 12.8 Å². The lowest BCUT2D eigenvalue weighted by Crippen LogP contribution is -2.38. The molecule has 16 heavy (non-hydrogen) atoms. The number of carbonyl (C=O) groups is 1. The number of aliphatic carboxylic acids is 1.